The third kappa shape index (κ3) is 9.74. The van der Waals surface area contributed by atoms with E-state index in [0.717, 1.165) is 6.42 Å². The first-order valence-electron chi connectivity index (χ1n) is 6.38. The Hall–Kier alpha value is -2.26. The molecule has 0 aliphatic heterocycles. The number of aliphatic hydroxyl groups excluding tert-OH is 3. The number of allylic oxidation sites excluding steroid dienone is 10. The zero-order valence-corrected chi connectivity index (χ0v) is 11.7. The summed E-state index contributed by atoms with van der Waals surface area (Å²) in [5.41, 5.74) is 0.661. The minimum absolute atomic E-state index is 0.0283. The molecule has 0 aromatic rings. The molecule has 0 rings (SSSR count). The summed E-state index contributed by atoms with van der Waals surface area (Å²) in [5, 5.41) is 27.6. The van der Waals surface area contributed by atoms with Crippen molar-refractivity contribution in [2.24, 2.45) is 0 Å². The molecule has 0 radical (unpaired) electrons. The Labute approximate surface area is 120 Å². The summed E-state index contributed by atoms with van der Waals surface area (Å²) in [4.78, 5) is 0. The second-order valence-corrected chi connectivity index (χ2v) is 3.81. The normalized spacial score (nSPS) is 14.8. The minimum Gasteiger partial charge on any atom is -0.508 e. The fourth-order valence-electron chi connectivity index (χ4n) is 1.19. The highest BCUT2D eigenvalue weighted by Crippen LogP contribution is 2.04. The third-order valence-corrected chi connectivity index (χ3v) is 2.15. The van der Waals surface area contributed by atoms with E-state index in [4.69, 9.17) is 5.11 Å². The van der Waals surface area contributed by atoms with E-state index >= 15 is 0 Å². The van der Waals surface area contributed by atoms with Crippen LogP contribution in [0.25, 0.3) is 0 Å². The Bertz CT molecular complexity index is 461. The van der Waals surface area contributed by atoms with E-state index in [-0.39, 0.29) is 18.1 Å². The van der Waals surface area contributed by atoms with Crippen LogP contribution in [0.5, 0.6) is 0 Å². The monoisotopic (exact) mass is 274 g/mol. The van der Waals surface area contributed by atoms with Crippen LogP contribution in [-0.2, 0) is 0 Å². The largest absolute Gasteiger partial charge is 0.508 e. The smallest absolute Gasteiger partial charge is 0.115 e. The minimum atomic E-state index is -0.118. The van der Waals surface area contributed by atoms with Crippen molar-refractivity contribution in [2.75, 3.05) is 6.61 Å². The van der Waals surface area contributed by atoms with Gasteiger partial charge in [-0.25, -0.2) is 0 Å². The van der Waals surface area contributed by atoms with Crippen molar-refractivity contribution in [3.63, 3.8) is 0 Å². The van der Waals surface area contributed by atoms with E-state index in [2.05, 4.69) is 6.58 Å². The topological polar surface area (TPSA) is 60.7 Å². The molecule has 0 bridgehead atoms. The van der Waals surface area contributed by atoms with Gasteiger partial charge in [-0.1, -0.05) is 50.0 Å². The highest BCUT2D eigenvalue weighted by atomic mass is 16.3. The van der Waals surface area contributed by atoms with Gasteiger partial charge in [0.2, 0.25) is 0 Å². The van der Waals surface area contributed by atoms with Crippen LogP contribution in [0.15, 0.2) is 84.4 Å². The lowest BCUT2D eigenvalue weighted by molar-refractivity contribution is 0.342. The van der Waals surface area contributed by atoms with E-state index in [1.165, 1.54) is 12.2 Å². The molecule has 108 valence electrons. The highest BCUT2D eigenvalue weighted by Gasteiger charge is 1.88. The molecule has 0 atom stereocenters. The van der Waals surface area contributed by atoms with Gasteiger partial charge < -0.3 is 15.3 Å². The van der Waals surface area contributed by atoms with Crippen molar-refractivity contribution < 1.29 is 15.3 Å². The van der Waals surface area contributed by atoms with Crippen LogP contribution in [-0.4, -0.2) is 21.9 Å². The van der Waals surface area contributed by atoms with Crippen molar-refractivity contribution in [2.45, 2.75) is 13.3 Å². The zero-order valence-electron chi connectivity index (χ0n) is 11.7. The van der Waals surface area contributed by atoms with E-state index in [1.807, 2.05) is 13.0 Å². The molecule has 0 fully saturated rings. The summed E-state index contributed by atoms with van der Waals surface area (Å²) in [5.74, 6) is 0.215. The molecule has 0 aliphatic carbocycles. The molecule has 20 heavy (non-hydrogen) atoms. The molecule has 0 aliphatic rings. The SMILES string of the molecule is C=C\C(O)=C/C(=C\CO)/C=C/C=C/C=C(O)\C=C/CC. The zero-order chi connectivity index (χ0) is 15.2. The van der Waals surface area contributed by atoms with Crippen LogP contribution >= 0.6 is 0 Å². The fraction of sp³-hybridized carbons (Fsp3) is 0.176. The average Bonchev–Trinajstić information content (AvgIpc) is 2.44. The number of hydrogen-bond donors (Lipinski definition) is 3. The van der Waals surface area contributed by atoms with Gasteiger partial charge in [-0.3, -0.25) is 0 Å². The Balaban J connectivity index is 4.64. The van der Waals surface area contributed by atoms with Crippen LogP contribution in [0.2, 0.25) is 0 Å². The van der Waals surface area contributed by atoms with Gasteiger partial charge >= 0.3 is 0 Å². The van der Waals surface area contributed by atoms with Gasteiger partial charge in [0.15, 0.2) is 0 Å². The molecule has 0 unspecified atom stereocenters. The molecule has 3 N–H and O–H groups in total. The van der Waals surface area contributed by atoms with Crippen molar-refractivity contribution in [3.05, 3.63) is 84.4 Å². The molecule has 0 saturated heterocycles. The maximum Gasteiger partial charge on any atom is 0.115 e. The van der Waals surface area contributed by atoms with Crippen LogP contribution in [0.4, 0.5) is 0 Å². The van der Waals surface area contributed by atoms with Crippen molar-refractivity contribution in [3.8, 4) is 0 Å². The summed E-state index contributed by atoms with van der Waals surface area (Å²) < 4.78 is 0. The summed E-state index contributed by atoms with van der Waals surface area (Å²) in [7, 11) is 0. The predicted octanol–water partition coefficient (Wildman–Crippen LogP) is 4.05. The predicted molar refractivity (Wildman–Crippen MR) is 84.5 cm³/mol. The van der Waals surface area contributed by atoms with Gasteiger partial charge in [-0.15, -0.1) is 0 Å². The van der Waals surface area contributed by atoms with E-state index in [1.54, 1.807) is 42.5 Å². The summed E-state index contributed by atoms with van der Waals surface area (Å²) in [6.45, 7) is 5.31. The molecule has 0 saturated carbocycles. The Morgan fingerprint density at radius 3 is 2.40 bits per heavy atom. The van der Waals surface area contributed by atoms with Crippen molar-refractivity contribution in [1.29, 1.82) is 0 Å². The van der Waals surface area contributed by atoms with Crippen molar-refractivity contribution in [1.82, 2.24) is 0 Å². The fourth-order valence-corrected chi connectivity index (χ4v) is 1.19. The van der Waals surface area contributed by atoms with Gasteiger partial charge in [0.05, 0.1) is 6.61 Å². The second-order valence-electron chi connectivity index (χ2n) is 3.81. The van der Waals surface area contributed by atoms with Crippen LogP contribution in [0.3, 0.4) is 0 Å². The van der Waals surface area contributed by atoms with E-state index in [0.29, 0.717) is 5.57 Å². The third-order valence-electron chi connectivity index (χ3n) is 2.15. The molecule has 3 nitrogen and oxygen atoms in total. The van der Waals surface area contributed by atoms with E-state index < -0.39 is 0 Å². The highest BCUT2D eigenvalue weighted by molar-refractivity contribution is 5.36. The lowest BCUT2D eigenvalue weighted by Gasteiger charge is -1.94. The molecule has 0 amide bonds. The molecular formula is C17H22O3. The maximum absolute atomic E-state index is 9.42. The van der Waals surface area contributed by atoms with Gasteiger partial charge in [-0.2, -0.15) is 0 Å². The molecular weight excluding hydrogens is 252 g/mol. The first-order chi connectivity index (χ1) is 9.63. The first kappa shape index (κ1) is 17.7. The van der Waals surface area contributed by atoms with Crippen LogP contribution in [0, 0.1) is 0 Å². The van der Waals surface area contributed by atoms with Crippen LogP contribution in [0.1, 0.15) is 13.3 Å². The first-order valence-corrected chi connectivity index (χ1v) is 6.38. The lowest BCUT2D eigenvalue weighted by atomic mass is 10.2. The molecule has 0 aromatic carbocycles. The Kier molecular flexibility index (Phi) is 10.5. The molecule has 0 spiro atoms. The van der Waals surface area contributed by atoms with Gasteiger partial charge in [0.1, 0.15) is 11.5 Å². The Morgan fingerprint density at radius 1 is 1.05 bits per heavy atom. The summed E-state index contributed by atoms with van der Waals surface area (Å²) >= 11 is 0. The van der Waals surface area contributed by atoms with Gasteiger partial charge in [0, 0.05) is 0 Å². The van der Waals surface area contributed by atoms with Gasteiger partial charge in [0.25, 0.3) is 0 Å². The summed E-state index contributed by atoms with van der Waals surface area (Å²) in [6.07, 6.45) is 17.2. The summed E-state index contributed by atoms with van der Waals surface area (Å²) in [6, 6.07) is 0. The second kappa shape index (κ2) is 11.8. The van der Waals surface area contributed by atoms with E-state index in [9.17, 15) is 10.2 Å². The van der Waals surface area contributed by atoms with Crippen LogP contribution < -0.4 is 0 Å². The standard InChI is InChI=1S/C17H22O3/c1-3-5-10-17(20)11-8-6-7-9-15(12-13-18)14-16(19)4-2/h4-12,14,18-20H,2-3,13H2,1H3/b8-6+,9-7+,10-5-,15-12-,16-14+,17-11+. The average molecular weight is 274 g/mol. The number of hydrogen-bond acceptors (Lipinski definition) is 3. The molecule has 3 heteroatoms. The molecule has 0 aromatic heterocycles. The van der Waals surface area contributed by atoms with Gasteiger partial charge in [-0.05, 0) is 36.3 Å². The maximum atomic E-state index is 9.42. The number of aliphatic hydroxyl groups is 3. The number of rotatable bonds is 8. The molecule has 0 heterocycles. The van der Waals surface area contributed by atoms with Crippen molar-refractivity contribution >= 4 is 0 Å². The Morgan fingerprint density at radius 2 is 1.80 bits per heavy atom. The quantitative estimate of drug-likeness (QED) is 0.462. The lowest BCUT2D eigenvalue weighted by Crippen LogP contribution is -1.81.